The number of carboxylic acids is 1. The number of carbonyl (C=O) groups is 2. The Morgan fingerprint density at radius 3 is 2.09 bits per heavy atom. The summed E-state index contributed by atoms with van der Waals surface area (Å²) >= 11 is 0. The quantitative estimate of drug-likeness (QED) is 0.547. The lowest BCUT2D eigenvalue weighted by molar-refractivity contribution is -0.140. The maximum atomic E-state index is 13.2. The highest BCUT2D eigenvalue weighted by atomic mass is 16.5. The molecule has 0 spiro atoms. The van der Waals surface area contributed by atoms with Gasteiger partial charge in [0.25, 0.3) is 0 Å². The fraction of sp³-hybridized carbons (Fsp3) is 0.185. The Bertz CT molecular complexity index is 1160. The molecule has 168 valence electrons. The van der Waals surface area contributed by atoms with Gasteiger partial charge in [-0.05, 0) is 43.7 Å². The van der Waals surface area contributed by atoms with E-state index >= 15 is 0 Å². The number of ether oxygens (including phenoxy) is 1. The van der Waals surface area contributed by atoms with Crippen LogP contribution in [0.3, 0.4) is 0 Å². The largest absolute Gasteiger partial charge is 0.478 e. The summed E-state index contributed by atoms with van der Waals surface area (Å²) in [5, 5.41) is 10.1. The van der Waals surface area contributed by atoms with E-state index in [1.165, 1.54) is 0 Å². The number of benzene rings is 3. The first kappa shape index (κ1) is 22.1. The predicted octanol–water partition coefficient (Wildman–Crippen LogP) is 4.92. The highest BCUT2D eigenvalue weighted by molar-refractivity contribution is 6.04. The molecule has 1 aliphatic heterocycles. The fourth-order valence-corrected chi connectivity index (χ4v) is 4.11. The number of para-hydroxylation sites is 1. The van der Waals surface area contributed by atoms with Crippen molar-refractivity contribution in [2.75, 3.05) is 23.0 Å². The van der Waals surface area contributed by atoms with Gasteiger partial charge in [0.2, 0.25) is 0 Å². The number of anilines is 2. The molecule has 0 aliphatic carbocycles. The summed E-state index contributed by atoms with van der Waals surface area (Å²) in [5.74, 6) is -1.80. The number of hydrogen-bond acceptors (Lipinski definition) is 5. The van der Waals surface area contributed by atoms with Gasteiger partial charge < -0.3 is 19.6 Å². The van der Waals surface area contributed by atoms with Gasteiger partial charge in [0.05, 0.1) is 18.7 Å². The molecule has 0 aromatic heterocycles. The molecule has 1 aliphatic rings. The minimum atomic E-state index is -1.15. The Kier molecular flexibility index (Phi) is 6.45. The van der Waals surface area contributed by atoms with E-state index in [-0.39, 0.29) is 24.4 Å². The van der Waals surface area contributed by atoms with Crippen molar-refractivity contribution in [2.24, 2.45) is 0 Å². The molecule has 4 rings (SSSR count). The number of aryl methyl sites for hydroxylation is 1. The molecule has 1 N–H and O–H groups in total. The van der Waals surface area contributed by atoms with Gasteiger partial charge in [-0.1, -0.05) is 66.2 Å². The van der Waals surface area contributed by atoms with Crippen molar-refractivity contribution < 1.29 is 19.4 Å². The zero-order chi connectivity index (χ0) is 23.4. The standard InChI is InChI=1S/C27H26N2O4/c1-3-33-27(32)24-23(26(30)31)18-28(21-16-14-19(2)15-17-21)25(20-10-6-4-7-11-20)29(24)22-12-8-5-9-13-22/h4-17,25H,3,18H2,1-2H3,(H,30,31). The van der Waals surface area contributed by atoms with Gasteiger partial charge in [-0.2, -0.15) is 0 Å². The summed E-state index contributed by atoms with van der Waals surface area (Å²) in [6.07, 6.45) is -0.459. The Morgan fingerprint density at radius 2 is 1.52 bits per heavy atom. The van der Waals surface area contributed by atoms with Crippen LogP contribution in [0.25, 0.3) is 0 Å². The van der Waals surface area contributed by atoms with Crippen molar-refractivity contribution in [2.45, 2.75) is 20.0 Å². The molecule has 0 saturated carbocycles. The summed E-state index contributed by atoms with van der Waals surface area (Å²) in [6.45, 7) is 3.92. The van der Waals surface area contributed by atoms with Crippen LogP contribution in [0.5, 0.6) is 0 Å². The van der Waals surface area contributed by atoms with Crippen LogP contribution in [0.1, 0.15) is 24.2 Å². The van der Waals surface area contributed by atoms with E-state index in [2.05, 4.69) is 0 Å². The molecule has 3 aromatic carbocycles. The first-order valence-corrected chi connectivity index (χ1v) is 10.9. The lowest BCUT2D eigenvalue weighted by Crippen LogP contribution is -2.50. The summed E-state index contributed by atoms with van der Waals surface area (Å²) in [6, 6.07) is 27.1. The number of carbonyl (C=O) groups excluding carboxylic acids is 1. The fourth-order valence-electron chi connectivity index (χ4n) is 4.11. The van der Waals surface area contributed by atoms with E-state index in [4.69, 9.17) is 4.74 Å². The zero-order valence-electron chi connectivity index (χ0n) is 18.6. The van der Waals surface area contributed by atoms with Crippen LogP contribution in [0, 0.1) is 6.92 Å². The summed E-state index contributed by atoms with van der Waals surface area (Å²) < 4.78 is 5.33. The number of hydrogen-bond donors (Lipinski definition) is 1. The van der Waals surface area contributed by atoms with E-state index < -0.39 is 18.1 Å². The molecule has 0 saturated heterocycles. The second-order valence-electron chi connectivity index (χ2n) is 7.81. The van der Waals surface area contributed by atoms with Crippen molar-refractivity contribution in [3.05, 3.63) is 107 Å². The number of nitrogens with zero attached hydrogens (tertiary/aromatic N) is 2. The molecular weight excluding hydrogens is 416 g/mol. The number of aliphatic carboxylic acids is 1. The molecule has 1 heterocycles. The van der Waals surface area contributed by atoms with Crippen LogP contribution in [-0.2, 0) is 14.3 Å². The van der Waals surface area contributed by atoms with Crippen molar-refractivity contribution in [1.82, 2.24) is 0 Å². The molecule has 1 atom stereocenters. The smallest absolute Gasteiger partial charge is 0.355 e. The molecule has 0 fully saturated rings. The molecule has 0 radical (unpaired) electrons. The molecule has 33 heavy (non-hydrogen) atoms. The highest BCUT2D eigenvalue weighted by Crippen LogP contribution is 2.41. The van der Waals surface area contributed by atoms with Crippen molar-refractivity contribution in [1.29, 1.82) is 0 Å². The highest BCUT2D eigenvalue weighted by Gasteiger charge is 2.42. The third-order valence-electron chi connectivity index (χ3n) is 5.62. The maximum absolute atomic E-state index is 13.2. The van der Waals surface area contributed by atoms with Gasteiger partial charge in [0, 0.05) is 11.4 Å². The third kappa shape index (κ3) is 4.46. The monoisotopic (exact) mass is 442 g/mol. The lowest BCUT2D eigenvalue weighted by Gasteiger charge is -2.46. The SMILES string of the molecule is CCOC(=O)C1=C(C(=O)O)CN(c2ccc(C)cc2)C(c2ccccc2)N1c1ccccc1. The first-order chi connectivity index (χ1) is 16.0. The lowest BCUT2D eigenvalue weighted by atomic mass is 9.99. The minimum Gasteiger partial charge on any atom is -0.478 e. The van der Waals surface area contributed by atoms with Crippen LogP contribution < -0.4 is 9.80 Å². The van der Waals surface area contributed by atoms with E-state index in [9.17, 15) is 14.7 Å². The van der Waals surface area contributed by atoms with Gasteiger partial charge in [-0.25, -0.2) is 9.59 Å². The van der Waals surface area contributed by atoms with E-state index in [0.29, 0.717) is 5.69 Å². The normalized spacial score (nSPS) is 16.0. The average molecular weight is 443 g/mol. The van der Waals surface area contributed by atoms with Gasteiger partial charge in [0.15, 0.2) is 0 Å². The summed E-state index contributed by atoms with van der Waals surface area (Å²) in [4.78, 5) is 29.3. The predicted molar refractivity (Wildman–Crippen MR) is 128 cm³/mol. The molecule has 0 amide bonds. The van der Waals surface area contributed by atoms with Gasteiger partial charge in [-0.15, -0.1) is 0 Å². The van der Waals surface area contributed by atoms with Crippen molar-refractivity contribution in [3.8, 4) is 0 Å². The molecule has 6 nitrogen and oxygen atoms in total. The number of esters is 1. The van der Waals surface area contributed by atoms with Crippen molar-refractivity contribution >= 4 is 23.3 Å². The number of carboxylic acid groups (broad SMARTS) is 1. The van der Waals surface area contributed by atoms with Crippen LogP contribution >= 0.6 is 0 Å². The van der Waals surface area contributed by atoms with Gasteiger partial charge in [0.1, 0.15) is 11.9 Å². The molecule has 6 heteroatoms. The minimum absolute atomic E-state index is 0.00920. The van der Waals surface area contributed by atoms with Crippen LogP contribution in [0.15, 0.2) is 96.2 Å². The van der Waals surface area contributed by atoms with Crippen molar-refractivity contribution in [3.63, 3.8) is 0 Å². The van der Waals surface area contributed by atoms with Gasteiger partial charge in [-0.3, -0.25) is 0 Å². The topological polar surface area (TPSA) is 70.1 Å². The second kappa shape index (κ2) is 9.61. The van der Waals surface area contributed by atoms with Crippen LogP contribution in [0.4, 0.5) is 11.4 Å². The van der Waals surface area contributed by atoms with Crippen LogP contribution in [0.2, 0.25) is 0 Å². The Hall–Kier alpha value is -4.06. The Balaban J connectivity index is 2.01. The number of rotatable bonds is 6. The maximum Gasteiger partial charge on any atom is 0.355 e. The molecular formula is C27H26N2O4. The first-order valence-electron chi connectivity index (χ1n) is 10.9. The van der Waals surface area contributed by atoms with Crippen LogP contribution in [-0.4, -0.2) is 30.2 Å². The Labute approximate surface area is 193 Å². The summed E-state index contributed by atoms with van der Waals surface area (Å²) in [5.41, 5.74) is 3.63. The molecule has 3 aromatic rings. The average Bonchev–Trinajstić information content (AvgIpc) is 2.84. The van der Waals surface area contributed by atoms with E-state index in [1.54, 1.807) is 11.8 Å². The third-order valence-corrected chi connectivity index (χ3v) is 5.62. The Morgan fingerprint density at radius 1 is 0.909 bits per heavy atom. The second-order valence-corrected chi connectivity index (χ2v) is 7.81. The van der Waals surface area contributed by atoms with E-state index in [1.807, 2.05) is 96.8 Å². The molecule has 1 unspecified atom stereocenters. The zero-order valence-corrected chi connectivity index (χ0v) is 18.6. The molecule has 0 bridgehead atoms. The summed E-state index contributed by atoms with van der Waals surface area (Å²) in [7, 11) is 0. The van der Waals surface area contributed by atoms with Gasteiger partial charge >= 0.3 is 11.9 Å². The van der Waals surface area contributed by atoms with E-state index in [0.717, 1.165) is 16.8 Å².